The van der Waals surface area contributed by atoms with Gasteiger partial charge >= 0.3 is 0 Å². The molecule has 3 heteroatoms. The first-order valence-electron chi connectivity index (χ1n) is 7.63. The molecule has 0 spiro atoms. The summed E-state index contributed by atoms with van der Waals surface area (Å²) in [6, 6.07) is 7.95. The Bertz CT molecular complexity index is 533. The van der Waals surface area contributed by atoms with Crippen molar-refractivity contribution in [3.63, 3.8) is 0 Å². The van der Waals surface area contributed by atoms with Crippen LogP contribution in [-0.4, -0.2) is 6.61 Å². The number of furan rings is 1. The minimum atomic E-state index is 0.371. The minimum Gasteiger partial charge on any atom is -0.489 e. The second-order valence-corrected chi connectivity index (χ2v) is 5.28. The number of benzene rings is 1. The summed E-state index contributed by atoms with van der Waals surface area (Å²) in [4.78, 5) is 0. The van der Waals surface area contributed by atoms with Crippen LogP contribution in [0.4, 0.5) is 0 Å². The molecular weight excluding hydrogens is 250 g/mol. The second kappa shape index (κ2) is 7.34. The third-order valence-corrected chi connectivity index (χ3v) is 3.81. The first-order valence-corrected chi connectivity index (χ1v) is 7.63. The molecule has 0 aliphatic rings. The summed E-state index contributed by atoms with van der Waals surface area (Å²) in [5.41, 5.74) is 6.61. The van der Waals surface area contributed by atoms with Crippen LogP contribution in [0.3, 0.4) is 0 Å². The van der Waals surface area contributed by atoms with E-state index in [-0.39, 0.29) is 0 Å². The highest BCUT2D eigenvalue weighted by Crippen LogP contribution is 2.33. The molecule has 0 aliphatic heterocycles. The number of hydrogen-bond donors (Lipinski definition) is 1. The number of ether oxygens (including phenoxy) is 1. The molecule has 0 fully saturated rings. The second-order valence-electron chi connectivity index (χ2n) is 5.28. The lowest BCUT2D eigenvalue weighted by Crippen LogP contribution is -2.12. The Morgan fingerprint density at radius 1 is 1.25 bits per heavy atom. The Kier molecular flexibility index (Phi) is 5.48. The predicted molar refractivity (Wildman–Crippen MR) is 82.9 cm³/mol. The molecule has 1 aromatic carbocycles. The molecule has 0 amide bonds. The Hall–Kier alpha value is -1.48. The smallest absolute Gasteiger partial charge is 0.169 e. The summed E-state index contributed by atoms with van der Waals surface area (Å²) in [5, 5.41) is 1.03. The zero-order valence-corrected chi connectivity index (χ0v) is 12.5. The van der Waals surface area contributed by atoms with Crippen molar-refractivity contribution in [1.29, 1.82) is 0 Å². The standard InChI is InChI=1S/C17H25NO2/c1-3-5-8-13(4-2)12-19-17-14-9-6-7-10-15(14)20-16(17)11-18/h6-7,9-10,13H,3-5,8,11-12,18H2,1-2H3. The molecule has 0 bridgehead atoms. The highest BCUT2D eigenvalue weighted by atomic mass is 16.5. The van der Waals surface area contributed by atoms with Gasteiger partial charge in [-0.05, 0) is 24.5 Å². The molecule has 0 aliphatic carbocycles. The van der Waals surface area contributed by atoms with Crippen molar-refractivity contribution in [1.82, 2.24) is 0 Å². The van der Waals surface area contributed by atoms with Gasteiger partial charge in [0.15, 0.2) is 11.5 Å². The quantitative estimate of drug-likeness (QED) is 0.772. The van der Waals surface area contributed by atoms with Gasteiger partial charge in [-0.25, -0.2) is 0 Å². The lowest BCUT2D eigenvalue weighted by atomic mass is 10.0. The molecule has 0 radical (unpaired) electrons. The summed E-state index contributed by atoms with van der Waals surface area (Å²) in [6.45, 7) is 5.56. The number of rotatable bonds is 8. The number of para-hydroxylation sites is 1. The van der Waals surface area contributed by atoms with Crippen LogP contribution in [0.1, 0.15) is 45.3 Å². The Balaban J connectivity index is 2.11. The molecule has 1 unspecified atom stereocenters. The fourth-order valence-corrected chi connectivity index (χ4v) is 2.46. The van der Waals surface area contributed by atoms with Gasteiger partial charge in [-0.1, -0.05) is 45.2 Å². The van der Waals surface area contributed by atoms with Gasteiger partial charge in [0.05, 0.1) is 18.5 Å². The van der Waals surface area contributed by atoms with Crippen LogP contribution < -0.4 is 10.5 Å². The fraction of sp³-hybridized carbons (Fsp3) is 0.529. The molecule has 0 saturated carbocycles. The van der Waals surface area contributed by atoms with Crippen LogP contribution in [0.15, 0.2) is 28.7 Å². The summed E-state index contributed by atoms with van der Waals surface area (Å²) >= 11 is 0. The first kappa shape index (κ1) is 14.9. The third kappa shape index (κ3) is 3.34. The van der Waals surface area contributed by atoms with Gasteiger partial charge < -0.3 is 14.9 Å². The summed E-state index contributed by atoms with van der Waals surface area (Å²) in [5.74, 6) is 2.18. The van der Waals surface area contributed by atoms with Gasteiger partial charge in [0, 0.05) is 0 Å². The van der Waals surface area contributed by atoms with Crippen molar-refractivity contribution in [3.05, 3.63) is 30.0 Å². The molecular formula is C17H25NO2. The normalized spacial score (nSPS) is 12.8. The average Bonchev–Trinajstić information content (AvgIpc) is 2.85. The maximum atomic E-state index is 6.06. The van der Waals surface area contributed by atoms with Crippen LogP contribution in [0.2, 0.25) is 0 Å². The van der Waals surface area contributed by atoms with E-state index in [1.807, 2.05) is 24.3 Å². The predicted octanol–water partition coefficient (Wildman–Crippen LogP) is 4.49. The maximum absolute atomic E-state index is 6.06. The molecule has 1 atom stereocenters. The molecule has 2 aromatic rings. The van der Waals surface area contributed by atoms with E-state index in [0.717, 1.165) is 35.5 Å². The summed E-state index contributed by atoms with van der Waals surface area (Å²) in [7, 11) is 0. The van der Waals surface area contributed by atoms with E-state index in [4.69, 9.17) is 14.9 Å². The highest BCUT2D eigenvalue weighted by Gasteiger charge is 2.15. The van der Waals surface area contributed by atoms with Crippen molar-refractivity contribution >= 4 is 11.0 Å². The van der Waals surface area contributed by atoms with E-state index in [2.05, 4.69) is 13.8 Å². The van der Waals surface area contributed by atoms with Crippen molar-refractivity contribution in [2.75, 3.05) is 6.61 Å². The van der Waals surface area contributed by atoms with Gasteiger partial charge in [0.25, 0.3) is 0 Å². The van der Waals surface area contributed by atoms with E-state index in [0.29, 0.717) is 12.5 Å². The van der Waals surface area contributed by atoms with Gasteiger partial charge in [-0.3, -0.25) is 0 Å². The van der Waals surface area contributed by atoms with Crippen molar-refractivity contribution in [3.8, 4) is 5.75 Å². The SMILES string of the molecule is CCCCC(CC)COc1c(CN)oc2ccccc12. The molecule has 2 rings (SSSR count). The molecule has 1 heterocycles. The summed E-state index contributed by atoms with van der Waals surface area (Å²) in [6.07, 6.45) is 4.87. The lowest BCUT2D eigenvalue weighted by Gasteiger charge is -2.15. The maximum Gasteiger partial charge on any atom is 0.169 e. The Morgan fingerprint density at radius 3 is 2.75 bits per heavy atom. The van der Waals surface area contributed by atoms with Gasteiger partial charge in [-0.2, -0.15) is 0 Å². The lowest BCUT2D eigenvalue weighted by molar-refractivity contribution is 0.230. The number of nitrogens with two attached hydrogens (primary N) is 1. The van der Waals surface area contributed by atoms with E-state index in [9.17, 15) is 0 Å². The van der Waals surface area contributed by atoms with Gasteiger partial charge in [-0.15, -0.1) is 0 Å². The minimum absolute atomic E-state index is 0.371. The first-order chi connectivity index (χ1) is 9.80. The average molecular weight is 275 g/mol. The van der Waals surface area contributed by atoms with Gasteiger partial charge in [0.1, 0.15) is 5.58 Å². The number of hydrogen-bond acceptors (Lipinski definition) is 3. The topological polar surface area (TPSA) is 48.4 Å². The van der Waals surface area contributed by atoms with Crippen molar-refractivity contribution in [2.45, 2.75) is 46.1 Å². The van der Waals surface area contributed by atoms with Crippen LogP contribution in [0.5, 0.6) is 5.75 Å². The monoisotopic (exact) mass is 275 g/mol. The number of unbranched alkanes of at least 4 members (excludes halogenated alkanes) is 1. The van der Waals surface area contributed by atoms with Crippen LogP contribution in [0.25, 0.3) is 11.0 Å². The molecule has 20 heavy (non-hydrogen) atoms. The Labute approximate surface area is 121 Å². The zero-order valence-electron chi connectivity index (χ0n) is 12.5. The van der Waals surface area contributed by atoms with Crippen LogP contribution in [0, 0.1) is 5.92 Å². The van der Waals surface area contributed by atoms with E-state index in [1.165, 1.54) is 19.3 Å². The van der Waals surface area contributed by atoms with Crippen molar-refractivity contribution in [2.24, 2.45) is 11.7 Å². The van der Waals surface area contributed by atoms with Crippen LogP contribution in [-0.2, 0) is 6.54 Å². The Morgan fingerprint density at radius 2 is 2.05 bits per heavy atom. The van der Waals surface area contributed by atoms with E-state index in [1.54, 1.807) is 0 Å². The number of fused-ring (bicyclic) bond motifs is 1. The summed E-state index contributed by atoms with van der Waals surface area (Å²) < 4.78 is 11.8. The molecule has 3 nitrogen and oxygen atoms in total. The van der Waals surface area contributed by atoms with E-state index >= 15 is 0 Å². The van der Waals surface area contributed by atoms with E-state index < -0.39 is 0 Å². The van der Waals surface area contributed by atoms with Gasteiger partial charge in [0.2, 0.25) is 0 Å². The largest absolute Gasteiger partial charge is 0.489 e. The van der Waals surface area contributed by atoms with Crippen LogP contribution >= 0.6 is 0 Å². The van der Waals surface area contributed by atoms with Crippen molar-refractivity contribution < 1.29 is 9.15 Å². The molecule has 1 aromatic heterocycles. The fourth-order valence-electron chi connectivity index (χ4n) is 2.46. The molecule has 110 valence electrons. The molecule has 2 N–H and O–H groups in total. The third-order valence-electron chi connectivity index (χ3n) is 3.81. The highest BCUT2D eigenvalue weighted by molar-refractivity contribution is 5.85. The zero-order chi connectivity index (χ0) is 14.4. The molecule has 0 saturated heterocycles.